The first-order valence-electron chi connectivity index (χ1n) is 13.3. The Morgan fingerprint density at radius 2 is 1.92 bits per heavy atom. The number of hydrogen-bond donors (Lipinski definition) is 4. The number of β-amino-alcohol motifs (C(OH)–C–C–N with tert-alkyl or cyclic N) is 1. The monoisotopic (exact) mass is 534 g/mol. The maximum absolute atomic E-state index is 13.8. The van der Waals surface area contributed by atoms with Crippen molar-refractivity contribution in [2.75, 3.05) is 19.6 Å². The molecule has 3 unspecified atom stereocenters. The van der Waals surface area contributed by atoms with Gasteiger partial charge in [0.15, 0.2) is 0 Å². The number of likely N-dealkylation sites (tertiary alicyclic amines) is 1. The molecule has 0 radical (unpaired) electrons. The summed E-state index contributed by atoms with van der Waals surface area (Å²) in [5.74, 6) is -2.76. The van der Waals surface area contributed by atoms with Crippen LogP contribution in [-0.4, -0.2) is 98.9 Å². The second-order valence-electron chi connectivity index (χ2n) is 11.6. The number of rotatable bonds is 13. The minimum absolute atomic E-state index is 0.0309. The van der Waals surface area contributed by atoms with E-state index in [-0.39, 0.29) is 25.9 Å². The molecule has 2 saturated carbocycles. The van der Waals surface area contributed by atoms with E-state index in [4.69, 9.17) is 4.74 Å². The number of allylic oxidation sites excluding steroid dienone is 1. The molecule has 0 bridgehead atoms. The summed E-state index contributed by atoms with van der Waals surface area (Å²) in [5, 5.41) is 25.3. The van der Waals surface area contributed by atoms with Crippen LogP contribution in [0.25, 0.3) is 0 Å². The molecular formula is C27H42N4O7. The molecule has 0 aromatic heterocycles. The van der Waals surface area contributed by atoms with Gasteiger partial charge < -0.3 is 30.5 Å². The van der Waals surface area contributed by atoms with Crippen LogP contribution in [-0.2, 0) is 19.1 Å². The summed E-state index contributed by atoms with van der Waals surface area (Å²) in [6.45, 7) is 13.4. The third-order valence-corrected chi connectivity index (χ3v) is 7.21. The smallest absolute Gasteiger partial charge is 0.408 e. The molecule has 1 aliphatic heterocycles. The number of aliphatic carboxylic acids is 1. The summed E-state index contributed by atoms with van der Waals surface area (Å²) in [5.41, 5.74) is -2.23. The number of carbonyl (C=O) groups excluding carboxylic acids is 3. The van der Waals surface area contributed by atoms with Crippen molar-refractivity contribution in [2.45, 2.75) is 94.7 Å². The number of carboxylic acids is 1. The molecule has 2 aliphatic carbocycles. The van der Waals surface area contributed by atoms with Gasteiger partial charge in [0.2, 0.25) is 11.8 Å². The predicted octanol–water partition coefficient (Wildman–Crippen LogP) is 1.42. The Kier molecular flexibility index (Phi) is 9.25. The van der Waals surface area contributed by atoms with Crippen LogP contribution >= 0.6 is 0 Å². The van der Waals surface area contributed by atoms with Crippen molar-refractivity contribution in [1.82, 2.24) is 20.4 Å². The molecule has 3 fully saturated rings. The van der Waals surface area contributed by atoms with Gasteiger partial charge in [0, 0.05) is 31.5 Å². The molecule has 4 N–H and O–H groups in total. The molecule has 0 aromatic rings. The zero-order chi connectivity index (χ0) is 28.3. The van der Waals surface area contributed by atoms with Gasteiger partial charge in [0.1, 0.15) is 23.2 Å². The molecule has 3 amide bonds. The molecular weight excluding hydrogens is 492 g/mol. The average molecular weight is 535 g/mol. The summed E-state index contributed by atoms with van der Waals surface area (Å²) in [7, 11) is 0. The van der Waals surface area contributed by atoms with E-state index in [1.807, 2.05) is 6.08 Å². The third kappa shape index (κ3) is 7.35. The molecule has 11 heteroatoms. The van der Waals surface area contributed by atoms with E-state index in [1.54, 1.807) is 20.8 Å². The van der Waals surface area contributed by atoms with Crippen LogP contribution in [0.2, 0.25) is 0 Å². The Hall–Kier alpha value is -2.92. The quantitative estimate of drug-likeness (QED) is 0.205. The number of carbonyl (C=O) groups is 4. The molecule has 212 valence electrons. The van der Waals surface area contributed by atoms with E-state index < -0.39 is 59.1 Å². The first-order valence-corrected chi connectivity index (χ1v) is 13.3. The molecule has 1 heterocycles. The fourth-order valence-corrected chi connectivity index (χ4v) is 5.00. The summed E-state index contributed by atoms with van der Waals surface area (Å²) >= 11 is 0. The molecule has 3 aliphatic rings. The predicted molar refractivity (Wildman–Crippen MR) is 140 cm³/mol. The van der Waals surface area contributed by atoms with Crippen LogP contribution in [0, 0.1) is 5.92 Å². The zero-order valence-corrected chi connectivity index (χ0v) is 22.6. The Balaban J connectivity index is 1.79. The topological polar surface area (TPSA) is 149 Å². The van der Waals surface area contributed by atoms with Gasteiger partial charge in [-0.1, -0.05) is 12.2 Å². The van der Waals surface area contributed by atoms with Gasteiger partial charge in [-0.15, -0.1) is 13.2 Å². The Morgan fingerprint density at radius 1 is 1.24 bits per heavy atom. The van der Waals surface area contributed by atoms with Crippen LogP contribution in [0.15, 0.2) is 25.3 Å². The fraction of sp³-hybridized carbons (Fsp3) is 0.704. The van der Waals surface area contributed by atoms with Crippen molar-refractivity contribution in [3.63, 3.8) is 0 Å². The molecule has 1 saturated heterocycles. The van der Waals surface area contributed by atoms with E-state index in [0.717, 1.165) is 25.7 Å². The molecule has 38 heavy (non-hydrogen) atoms. The maximum Gasteiger partial charge on any atom is 0.408 e. The van der Waals surface area contributed by atoms with Crippen LogP contribution in [0.4, 0.5) is 4.79 Å². The zero-order valence-electron chi connectivity index (χ0n) is 22.6. The number of aliphatic hydroxyl groups excluding tert-OH is 1. The second kappa shape index (κ2) is 11.9. The number of alkyl carbamates (subject to hydrolysis) is 1. The molecule has 0 aromatic carbocycles. The van der Waals surface area contributed by atoms with Crippen LogP contribution in [0.1, 0.15) is 59.3 Å². The Bertz CT molecular complexity index is 944. The summed E-state index contributed by atoms with van der Waals surface area (Å²) in [6.07, 6.45) is 5.45. The number of nitrogens with zero attached hydrogens (tertiary/aromatic N) is 2. The van der Waals surface area contributed by atoms with Gasteiger partial charge in [0.25, 0.3) is 0 Å². The maximum atomic E-state index is 13.8. The van der Waals surface area contributed by atoms with Crippen LogP contribution in [0.3, 0.4) is 0 Å². The Morgan fingerprint density at radius 3 is 2.45 bits per heavy atom. The van der Waals surface area contributed by atoms with E-state index in [0.29, 0.717) is 12.6 Å². The highest BCUT2D eigenvalue weighted by Gasteiger charge is 2.61. The number of carboxylic acid groups (broad SMARTS) is 1. The highest BCUT2D eigenvalue weighted by Crippen LogP contribution is 2.44. The van der Waals surface area contributed by atoms with Crippen molar-refractivity contribution in [2.24, 2.45) is 5.92 Å². The van der Waals surface area contributed by atoms with E-state index >= 15 is 0 Å². The fourth-order valence-electron chi connectivity index (χ4n) is 5.00. The van der Waals surface area contributed by atoms with Crippen molar-refractivity contribution in [3.05, 3.63) is 25.3 Å². The lowest BCUT2D eigenvalue weighted by Crippen LogP contribution is -2.59. The number of unbranched alkanes of at least 4 members (excludes halogenated alkanes) is 1. The van der Waals surface area contributed by atoms with Gasteiger partial charge in [-0.05, 0) is 59.4 Å². The van der Waals surface area contributed by atoms with Crippen LogP contribution < -0.4 is 10.6 Å². The molecule has 5 atom stereocenters. The summed E-state index contributed by atoms with van der Waals surface area (Å²) in [6, 6.07) is -1.79. The molecule has 0 spiro atoms. The minimum Gasteiger partial charge on any atom is -0.479 e. The lowest BCUT2D eigenvalue weighted by molar-refractivity contribution is -0.145. The number of ether oxygens (including phenoxy) is 1. The standard InChI is InChI=1S/C27H42N4O7/c1-6-8-9-12-30(18-10-11-18)16-20(28-25(37)38-26(3,4)5)23(34)31-15-19(32)13-21(31)22(33)29-27(24(35)36)14-17(27)7-2/h6-7,17-21,32H,1-2,8-16H2,3-5H3,(H,28,37)(H,29,33)(H,35,36)/t17?,19-,20+,21?,27?/m1/s1. The van der Waals surface area contributed by atoms with Gasteiger partial charge in [-0.25, -0.2) is 9.59 Å². The first-order chi connectivity index (χ1) is 17.8. The number of aliphatic hydroxyl groups is 1. The van der Waals surface area contributed by atoms with Crippen molar-refractivity contribution in [3.8, 4) is 0 Å². The SMILES string of the molecule is C=CCCCN(C[C@H](NC(=O)OC(C)(C)C)C(=O)N1C[C@H](O)CC1C(=O)NC1(C(=O)O)CC1C=C)C1CC1. The third-order valence-electron chi connectivity index (χ3n) is 7.21. The first kappa shape index (κ1) is 29.6. The van der Waals surface area contributed by atoms with E-state index in [9.17, 15) is 29.4 Å². The van der Waals surface area contributed by atoms with Gasteiger partial charge in [-0.2, -0.15) is 0 Å². The second-order valence-corrected chi connectivity index (χ2v) is 11.6. The highest BCUT2D eigenvalue weighted by molar-refractivity contribution is 5.96. The van der Waals surface area contributed by atoms with Crippen molar-refractivity contribution < 1.29 is 34.1 Å². The summed E-state index contributed by atoms with van der Waals surface area (Å²) in [4.78, 5) is 55.0. The van der Waals surface area contributed by atoms with Gasteiger partial charge in [0.05, 0.1) is 6.10 Å². The number of nitrogens with one attached hydrogen (secondary N) is 2. The lowest BCUT2D eigenvalue weighted by Gasteiger charge is -2.33. The summed E-state index contributed by atoms with van der Waals surface area (Å²) < 4.78 is 5.40. The van der Waals surface area contributed by atoms with Crippen LogP contribution in [0.5, 0.6) is 0 Å². The largest absolute Gasteiger partial charge is 0.479 e. The highest BCUT2D eigenvalue weighted by atomic mass is 16.6. The number of hydrogen-bond acceptors (Lipinski definition) is 7. The van der Waals surface area contributed by atoms with Crippen molar-refractivity contribution >= 4 is 23.9 Å². The lowest BCUT2D eigenvalue weighted by atomic mass is 10.1. The Labute approximate surface area is 224 Å². The number of amides is 3. The van der Waals surface area contributed by atoms with Gasteiger partial charge in [-0.3, -0.25) is 14.5 Å². The minimum atomic E-state index is -1.46. The van der Waals surface area contributed by atoms with Gasteiger partial charge >= 0.3 is 12.1 Å². The van der Waals surface area contributed by atoms with Crippen molar-refractivity contribution in [1.29, 1.82) is 0 Å². The average Bonchev–Trinajstić information content (AvgIpc) is 3.73. The normalized spacial score (nSPS) is 27.4. The molecule has 3 rings (SSSR count). The van der Waals surface area contributed by atoms with E-state index in [2.05, 4.69) is 28.7 Å². The molecule has 11 nitrogen and oxygen atoms in total. The van der Waals surface area contributed by atoms with E-state index in [1.165, 1.54) is 11.0 Å².